The molecule has 0 spiro atoms. The quantitative estimate of drug-likeness (QED) is 0.497. The predicted molar refractivity (Wildman–Crippen MR) is 123 cm³/mol. The Morgan fingerprint density at radius 1 is 1.21 bits per heavy atom. The molecule has 6 atom stereocenters. The van der Waals surface area contributed by atoms with Crippen LogP contribution in [0.4, 0.5) is 0 Å². The summed E-state index contributed by atoms with van der Waals surface area (Å²) in [5.41, 5.74) is 1.18. The van der Waals surface area contributed by atoms with E-state index in [0.29, 0.717) is 25.7 Å². The summed E-state index contributed by atoms with van der Waals surface area (Å²) in [6, 6.07) is 9.23. The Labute approximate surface area is 196 Å². The molecule has 0 aromatic heterocycles. The van der Waals surface area contributed by atoms with E-state index in [9.17, 15) is 19.5 Å². The minimum absolute atomic E-state index is 0.138. The van der Waals surface area contributed by atoms with Gasteiger partial charge in [0.15, 0.2) is 0 Å². The molecule has 2 heterocycles. The first-order chi connectivity index (χ1) is 15.7. The van der Waals surface area contributed by atoms with E-state index >= 15 is 0 Å². The average Bonchev–Trinajstić information content (AvgIpc) is 3.27. The van der Waals surface area contributed by atoms with Gasteiger partial charge in [-0.25, -0.2) is 4.79 Å². The van der Waals surface area contributed by atoms with Crippen LogP contribution in [0.2, 0.25) is 0 Å². The van der Waals surface area contributed by atoms with E-state index in [0.717, 1.165) is 12.8 Å². The van der Waals surface area contributed by atoms with Crippen LogP contribution in [0.5, 0.6) is 0 Å². The lowest BCUT2D eigenvalue weighted by atomic mass is 9.92. The van der Waals surface area contributed by atoms with E-state index in [1.807, 2.05) is 25.1 Å². The maximum absolute atomic E-state index is 13.3. The van der Waals surface area contributed by atoms with Crippen LogP contribution < -0.4 is 0 Å². The number of carbonyl (C=O) groups is 3. The Kier molecular flexibility index (Phi) is 8.29. The highest BCUT2D eigenvalue weighted by Crippen LogP contribution is 2.31. The number of ether oxygens (including phenoxy) is 2. The fourth-order valence-corrected chi connectivity index (χ4v) is 4.88. The zero-order valence-electron chi connectivity index (χ0n) is 20.2. The number of aliphatic hydroxyl groups is 1. The highest BCUT2D eigenvalue weighted by atomic mass is 16.6. The third-order valence-electron chi connectivity index (χ3n) is 7.07. The number of hydrogen-bond donors (Lipinski definition) is 1. The van der Waals surface area contributed by atoms with Crippen LogP contribution in [-0.4, -0.2) is 58.2 Å². The van der Waals surface area contributed by atoms with Crippen LogP contribution in [0.1, 0.15) is 65.4 Å². The van der Waals surface area contributed by atoms with Gasteiger partial charge < -0.3 is 19.5 Å². The summed E-state index contributed by atoms with van der Waals surface area (Å²) in [4.78, 5) is 40.5. The van der Waals surface area contributed by atoms with E-state index in [2.05, 4.69) is 19.1 Å². The summed E-state index contributed by atoms with van der Waals surface area (Å²) in [5, 5.41) is 11.0. The molecule has 2 fully saturated rings. The van der Waals surface area contributed by atoms with Crippen molar-refractivity contribution in [1.82, 2.24) is 4.90 Å². The predicted octanol–water partition coefficient (Wildman–Crippen LogP) is 3.27. The van der Waals surface area contributed by atoms with Crippen molar-refractivity contribution < 1.29 is 29.0 Å². The minimum atomic E-state index is -2.55. The normalized spacial score (nSPS) is 29.9. The number of Topliss-reactive ketones (excluding diaryl/α,β-unsaturated/α-hetero) is 1. The fraction of sp³-hybridized carbons (Fsp3) is 0.654. The molecule has 0 saturated carbocycles. The Bertz CT molecular complexity index is 842. The second kappa shape index (κ2) is 10.8. The second-order valence-corrected chi connectivity index (χ2v) is 9.57. The van der Waals surface area contributed by atoms with Gasteiger partial charge in [-0.05, 0) is 63.9 Å². The summed E-state index contributed by atoms with van der Waals surface area (Å²) in [6.07, 6.45) is 3.00. The monoisotopic (exact) mass is 459 g/mol. The van der Waals surface area contributed by atoms with E-state index in [1.165, 1.54) is 10.5 Å². The van der Waals surface area contributed by atoms with Gasteiger partial charge in [0.25, 0.3) is 5.91 Å². The highest BCUT2D eigenvalue weighted by molar-refractivity contribution is 6.09. The summed E-state index contributed by atoms with van der Waals surface area (Å²) in [5.74, 6) is -4.90. The maximum atomic E-state index is 13.3. The zero-order chi connectivity index (χ0) is 24.2. The van der Waals surface area contributed by atoms with Gasteiger partial charge in [0, 0.05) is 12.5 Å². The summed E-state index contributed by atoms with van der Waals surface area (Å²) in [7, 11) is 0. The van der Waals surface area contributed by atoms with E-state index in [-0.39, 0.29) is 18.6 Å². The Balaban J connectivity index is 1.70. The molecule has 1 aromatic carbocycles. The molecular formula is C26H37NO6. The van der Waals surface area contributed by atoms with Gasteiger partial charge in [-0.1, -0.05) is 44.2 Å². The van der Waals surface area contributed by atoms with Gasteiger partial charge in [-0.15, -0.1) is 0 Å². The number of rotatable bonds is 7. The van der Waals surface area contributed by atoms with E-state index in [1.54, 1.807) is 13.8 Å². The number of benzene rings is 1. The lowest BCUT2D eigenvalue weighted by molar-refractivity contribution is -0.225. The topological polar surface area (TPSA) is 93.1 Å². The number of likely N-dealkylation sites (tertiary alicyclic amines) is 1. The SMILES string of the molecule is CCC(Cc1ccccc1)C(C)OC(=O)C1CCCN1C(=O)C1(O)OC(C)CCC(C)C1=O. The fourth-order valence-electron chi connectivity index (χ4n) is 4.88. The molecule has 0 radical (unpaired) electrons. The molecule has 0 bridgehead atoms. The van der Waals surface area contributed by atoms with Gasteiger partial charge in [-0.3, -0.25) is 9.59 Å². The van der Waals surface area contributed by atoms with Crippen molar-refractivity contribution in [2.45, 2.75) is 90.3 Å². The second-order valence-electron chi connectivity index (χ2n) is 9.57. The van der Waals surface area contributed by atoms with Crippen LogP contribution in [-0.2, 0) is 30.3 Å². The molecule has 2 aliphatic heterocycles. The van der Waals surface area contributed by atoms with Crippen molar-refractivity contribution in [1.29, 1.82) is 0 Å². The van der Waals surface area contributed by atoms with E-state index in [4.69, 9.17) is 9.47 Å². The summed E-state index contributed by atoms with van der Waals surface area (Å²) in [6.45, 7) is 7.65. The van der Waals surface area contributed by atoms with Gasteiger partial charge in [0.05, 0.1) is 6.10 Å². The first-order valence-electron chi connectivity index (χ1n) is 12.2. The first-order valence-corrected chi connectivity index (χ1v) is 12.2. The van der Waals surface area contributed by atoms with Crippen LogP contribution in [0, 0.1) is 11.8 Å². The van der Waals surface area contributed by atoms with Crippen LogP contribution >= 0.6 is 0 Å². The van der Waals surface area contributed by atoms with Gasteiger partial charge in [0.1, 0.15) is 12.1 Å². The van der Waals surface area contributed by atoms with E-state index < -0.39 is 41.5 Å². The number of nitrogens with zero attached hydrogens (tertiary/aromatic N) is 1. The third kappa shape index (κ3) is 5.64. The molecule has 2 saturated heterocycles. The third-order valence-corrected chi connectivity index (χ3v) is 7.07. The van der Waals surface area contributed by atoms with Crippen molar-refractivity contribution in [3.05, 3.63) is 35.9 Å². The van der Waals surface area contributed by atoms with Gasteiger partial charge >= 0.3 is 11.8 Å². The molecule has 1 amide bonds. The summed E-state index contributed by atoms with van der Waals surface area (Å²) < 4.78 is 11.4. The molecule has 2 aliphatic rings. The number of ketones is 1. The largest absolute Gasteiger partial charge is 0.461 e. The maximum Gasteiger partial charge on any atom is 0.329 e. The lowest BCUT2D eigenvalue weighted by Crippen LogP contribution is -2.59. The zero-order valence-corrected chi connectivity index (χ0v) is 20.2. The number of esters is 1. The van der Waals surface area contributed by atoms with Gasteiger partial charge in [0.2, 0.25) is 5.78 Å². The molecule has 3 rings (SSSR count). The lowest BCUT2D eigenvalue weighted by Gasteiger charge is -2.34. The highest BCUT2D eigenvalue weighted by Gasteiger charge is 2.54. The van der Waals surface area contributed by atoms with Gasteiger partial charge in [-0.2, -0.15) is 0 Å². The number of carbonyl (C=O) groups excluding carboxylic acids is 3. The van der Waals surface area contributed by atoms with Crippen molar-refractivity contribution in [3.63, 3.8) is 0 Å². The smallest absolute Gasteiger partial charge is 0.329 e. The van der Waals surface area contributed by atoms with Crippen LogP contribution in [0.25, 0.3) is 0 Å². The summed E-state index contributed by atoms with van der Waals surface area (Å²) >= 11 is 0. The van der Waals surface area contributed by atoms with Crippen LogP contribution in [0.3, 0.4) is 0 Å². The molecule has 1 N–H and O–H groups in total. The van der Waals surface area contributed by atoms with Crippen molar-refractivity contribution >= 4 is 17.7 Å². The van der Waals surface area contributed by atoms with Crippen molar-refractivity contribution in [3.8, 4) is 0 Å². The Hall–Kier alpha value is -2.25. The molecular weight excluding hydrogens is 422 g/mol. The van der Waals surface area contributed by atoms with Crippen LogP contribution in [0.15, 0.2) is 30.3 Å². The molecule has 182 valence electrons. The number of hydrogen-bond acceptors (Lipinski definition) is 6. The molecule has 33 heavy (non-hydrogen) atoms. The Morgan fingerprint density at radius 2 is 1.91 bits per heavy atom. The Morgan fingerprint density at radius 3 is 2.58 bits per heavy atom. The standard InChI is InChI=1S/C26H37NO6/c1-5-21(16-20-10-7-6-8-11-20)19(4)32-24(29)22-12-9-15-27(22)25(30)26(31)23(28)17(2)13-14-18(3)33-26/h6-8,10-11,17-19,21-22,31H,5,9,12-16H2,1-4H3. The minimum Gasteiger partial charge on any atom is -0.461 e. The number of amides is 1. The molecule has 6 unspecified atom stereocenters. The first kappa shape index (κ1) is 25.4. The molecule has 0 aliphatic carbocycles. The molecule has 7 heteroatoms. The molecule has 7 nitrogen and oxygen atoms in total. The van der Waals surface area contributed by atoms with Crippen molar-refractivity contribution in [2.75, 3.05) is 6.54 Å². The molecule has 1 aromatic rings. The van der Waals surface area contributed by atoms with Crippen molar-refractivity contribution in [2.24, 2.45) is 11.8 Å². The average molecular weight is 460 g/mol.